The molecular formula is C22H22FN3O3S. The molecule has 2 aromatic carbocycles. The van der Waals surface area contributed by atoms with Gasteiger partial charge in [0, 0.05) is 24.0 Å². The lowest BCUT2D eigenvalue weighted by molar-refractivity contribution is -0.139. The number of allylic oxidation sites excluding steroid dienone is 1. The first kappa shape index (κ1) is 21.4. The number of carbonyl (C=O) groups is 2. The summed E-state index contributed by atoms with van der Waals surface area (Å²) in [6, 6.07) is 11.9. The van der Waals surface area contributed by atoms with Crippen molar-refractivity contribution in [2.75, 3.05) is 19.0 Å². The molecule has 1 unspecified atom stereocenters. The highest BCUT2D eigenvalue weighted by molar-refractivity contribution is 7.80. The molecule has 1 aliphatic rings. The topological polar surface area (TPSA) is 70.7 Å². The Bertz CT molecular complexity index is 1000. The van der Waals surface area contributed by atoms with E-state index in [2.05, 4.69) is 10.6 Å². The van der Waals surface area contributed by atoms with E-state index in [4.69, 9.17) is 17.0 Å². The van der Waals surface area contributed by atoms with Crippen molar-refractivity contribution in [1.29, 1.82) is 0 Å². The van der Waals surface area contributed by atoms with Gasteiger partial charge in [-0.05, 0) is 68.0 Å². The fraction of sp³-hybridized carbons (Fsp3) is 0.227. The largest absolute Gasteiger partial charge is 0.463 e. The number of hydrogen-bond donors (Lipinski definition) is 2. The van der Waals surface area contributed by atoms with Crippen molar-refractivity contribution < 1.29 is 18.7 Å². The van der Waals surface area contributed by atoms with Crippen LogP contribution in [0.25, 0.3) is 0 Å². The van der Waals surface area contributed by atoms with Crippen molar-refractivity contribution in [3.05, 3.63) is 76.7 Å². The van der Waals surface area contributed by atoms with Gasteiger partial charge in [-0.15, -0.1) is 0 Å². The maximum atomic E-state index is 13.0. The Kier molecular flexibility index (Phi) is 6.47. The molecule has 0 fully saturated rings. The van der Waals surface area contributed by atoms with Gasteiger partial charge in [0.25, 0.3) is 5.91 Å². The number of ether oxygens (including phenoxy) is 1. The third-order valence-electron chi connectivity index (χ3n) is 4.86. The number of benzene rings is 2. The zero-order chi connectivity index (χ0) is 21.8. The molecule has 6 nitrogen and oxygen atoms in total. The van der Waals surface area contributed by atoms with E-state index >= 15 is 0 Å². The van der Waals surface area contributed by atoms with Crippen LogP contribution in [0, 0.1) is 5.82 Å². The molecule has 30 heavy (non-hydrogen) atoms. The van der Waals surface area contributed by atoms with E-state index in [1.165, 1.54) is 24.3 Å². The zero-order valence-corrected chi connectivity index (χ0v) is 17.7. The molecule has 0 aliphatic carbocycles. The van der Waals surface area contributed by atoms with Gasteiger partial charge in [-0.3, -0.25) is 4.79 Å². The number of amides is 1. The predicted molar refractivity (Wildman–Crippen MR) is 116 cm³/mol. The number of anilines is 1. The lowest BCUT2D eigenvalue weighted by Crippen LogP contribution is -2.46. The summed E-state index contributed by atoms with van der Waals surface area (Å²) in [5.74, 6) is -1.15. The highest BCUT2D eigenvalue weighted by Gasteiger charge is 2.33. The Labute approximate surface area is 179 Å². The number of thiocarbonyl (C=S) groups is 1. The Morgan fingerprint density at radius 1 is 1.17 bits per heavy atom. The minimum absolute atomic E-state index is 0.269. The molecule has 0 spiro atoms. The van der Waals surface area contributed by atoms with E-state index in [0.717, 1.165) is 11.3 Å². The number of nitrogens with one attached hydrogen (secondary N) is 2. The molecule has 8 heteroatoms. The van der Waals surface area contributed by atoms with Crippen LogP contribution in [0.15, 0.2) is 59.8 Å². The standard InChI is InChI=1S/C22H22FN3O3S/c1-4-29-21(28)18-13(2)26(3)22(30)25-19(18)14-7-11-17(12-8-14)24-20(27)15-5-9-16(23)10-6-15/h5-12,19H,4H2,1-3H3,(H,24,27)(H,25,30). The Hall–Kier alpha value is -3.26. The lowest BCUT2D eigenvalue weighted by Gasteiger charge is -2.35. The summed E-state index contributed by atoms with van der Waals surface area (Å²) in [5, 5.41) is 6.44. The fourth-order valence-electron chi connectivity index (χ4n) is 3.12. The third-order valence-corrected chi connectivity index (χ3v) is 5.25. The van der Waals surface area contributed by atoms with Gasteiger partial charge in [0.05, 0.1) is 18.2 Å². The average molecular weight is 428 g/mol. The van der Waals surface area contributed by atoms with Crippen molar-refractivity contribution in [2.45, 2.75) is 19.9 Å². The number of halogens is 1. The second-order valence-corrected chi connectivity index (χ2v) is 7.13. The molecule has 0 radical (unpaired) electrons. The Morgan fingerprint density at radius 2 is 1.80 bits per heavy atom. The van der Waals surface area contributed by atoms with Crippen LogP contribution in [0.3, 0.4) is 0 Å². The summed E-state index contributed by atoms with van der Waals surface area (Å²) >= 11 is 5.38. The van der Waals surface area contributed by atoms with Crippen LogP contribution in [0.4, 0.5) is 10.1 Å². The van der Waals surface area contributed by atoms with Crippen LogP contribution >= 0.6 is 12.2 Å². The van der Waals surface area contributed by atoms with Gasteiger partial charge < -0.3 is 20.3 Å². The summed E-state index contributed by atoms with van der Waals surface area (Å²) in [5.41, 5.74) is 2.92. The summed E-state index contributed by atoms with van der Waals surface area (Å²) in [6.45, 7) is 3.85. The summed E-state index contributed by atoms with van der Waals surface area (Å²) < 4.78 is 18.3. The highest BCUT2D eigenvalue weighted by Crippen LogP contribution is 2.31. The van der Waals surface area contributed by atoms with Gasteiger partial charge in [0.15, 0.2) is 5.11 Å². The number of carbonyl (C=O) groups excluding carboxylic acids is 2. The van der Waals surface area contributed by atoms with Crippen molar-refractivity contribution >= 4 is 34.9 Å². The molecule has 2 N–H and O–H groups in total. The first-order chi connectivity index (χ1) is 14.3. The maximum absolute atomic E-state index is 13.0. The molecule has 0 aromatic heterocycles. The second kappa shape index (κ2) is 9.04. The number of esters is 1. The van der Waals surface area contributed by atoms with Gasteiger partial charge in [-0.1, -0.05) is 12.1 Å². The van der Waals surface area contributed by atoms with E-state index < -0.39 is 17.8 Å². The molecular weight excluding hydrogens is 405 g/mol. The Morgan fingerprint density at radius 3 is 2.40 bits per heavy atom. The van der Waals surface area contributed by atoms with E-state index in [1.54, 1.807) is 43.1 Å². The highest BCUT2D eigenvalue weighted by atomic mass is 32.1. The van der Waals surface area contributed by atoms with Gasteiger partial charge in [0.1, 0.15) is 5.82 Å². The van der Waals surface area contributed by atoms with E-state index in [1.807, 2.05) is 6.92 Å². The summed E-state index contributed by atoms with van der Waals surface area (Å²) in [6.07, 6.45) is 0. The summed E-state index contributed by atoms with van der Waals surface area (Å²) in [4.78, 5) is 26.6. The van der Waals surface area contributed by atoms with Gasteiger partial charge in [0.2, 0.25) is 0 Å². The van der Waals surface area contributed by atoms with Crippen LogP contribution in [-0.4, -0.2) is 35.5 Å². The van der Waals surface area contributed by atoms with E-state index in [9.17, 15) is 14.0 Å². The smallest absolute Gasteiger partial charge is 0.338 e. The minimum atomic E-state index is -0.463. The van der Waals surface area contributed by atoms with Crippen LogP contribution < -0.4 is 10.6 Å². The monoisotopic (exact) mass is 427 g/mol. The van der Waals surface area contributed by atoms with Crippen molar-refractivity contribution in [3.8, 4) is 0 Å². The first-order valence-corrected chi connectivity index (χ1v) is 9.81. The number of rotatable bonds is 5. The number of nitrogens with zero attached hydrogens (tertiary/aromatic N) is 1. The van der Waals surface area contributed by atoms with Crippen molar-refractivity contribution in [1.82, 2.24) is 10.2 Å². The minimum Gasteiger partial charge on any atom is -0.463 e. The molecule has 0 bridgehead atoms. The van der Waals surface area contributed by atoms with Gasteiger partial charge in [-0.25, -0.2) is 9.18 Å². The first-order valence-electron chi connectivity index (χ1n) is 9.40. The average Bonchev–Trinajstić information content (AvgIpc) is 2.73. The van der Waals surface area contributed by atoms with Crippen molar-refractivity contribution in [2.24, 2.45) is 0 Å². The van der Waals surface area contributed by atoms with Crippen LogP contribution in [0.5, 0.6) is 0 Å². The predicted octanol–water partition coefficient (Wildman–Crippen LogP) is 3.78. The maximum Gasteiger partial charge on any atom is 0.338 e. The van der Waals surface area contributed by atoms with Crippen LogP contribution in [0.1, 0.15) is 35.8 Å². The molecule has 2 aromatic rings. The lowest BCUT2D eigenvalue weighted by atomic mass is 9.95. The second-order valence-electron chi connectivity index (χ2n) is 6.74. The normalized spacial score (nSPS) is 16.2. The van der Waals surface area contributed by atoms with Gasteiger partial charge in [-0.2, -0.15) is 0 Å². The molecule has 0 saturated carbocycles. The fourth-order valence-corrected chi connectivity index (χ4v) is 3.38. The number of hydrogen-bond acceptors (Lipinski definition) is 4. The Balaban J connectivity index is 1.83. The van der Waals surface area contributed by atoms with E-state index in [-0.39, 0.29) is 12.5 Å². The molecule has 156 valence electrons. The molecule has 1 amide bonds. The van der Waals surface area contributed by atoms with Crippen LogP contribution in [0.2, 0.25) is 0 Å². The van der Waals surface area contributed by atoms with Crippen molar-refractivity contribution in [3.63, 3.8) is 0 Å². The molecule has 1 heterocycles. The zero-order valence-electron chi connectivity index (χ0n) is 16.9. The molecule has 1 atom stereocenters. The molecule has 0 saturated heterocycles. The molecule has 3 rings (SSSR count). The quantitative estimate of drug-likeness (QED) is 0.559. The van der Waals surface area contributed by atoms with E-state index in [0.29, 0.717) is 21.9 Å². The molecule has 1 aliphatic heterocycles. The third kappa shape index (κ3) is 4.49. The van der Waals surface area contributed by atoms with Crippen LogP contribution in [-0.2, 0) is 9.53 Å². The summed E-state index contributed by atoms with van der Waals surface area (Å²) in [7, 11) is 1.79. The SMILES string of the molecule is CCOC(=O)C1=C(C)N(C)C(=S)NC1c1ccc(NC(=O)c2ccc(F)cc2)cc1. The van der Waals surface area contributed by atoms with Gasteiger partial charge >= 0.3 is 5.97 Å².